The van der Waals surface area contributed by atoms with Gasteiger partial charge in [-0.05, 0) is 72.8 Å². The molecule has 3 nitrogen and oxygen atoms in total. The molecule has 0 saturated heterocycles. The Morgan fingerprint density at radius 2 is 0.317 bits per heavy atom. The Balaban J connectivity index is 0.000000750. The van der Waals surface area contributed by atoms with Crippen LogP contribution in [-0.4, -0.2) is 22.4 Å². The molecule has 0 aliphatic carbocycles. The first-order valence-corrected chi connectivity index (χ1v) is 14.6. The van der Waals surface area contributed by atoms with E-state index in [1.807, 2.05) is 0 Å². The summed E-state index contributed by atoms with van der Waals surface area (Å²) in [5, 5.41) is 21.5. The van der Waals surface area contributed by atoms with E-state index < -0.39 is 101 Å². The Kier molecular flexibility index (Phi) is 18.9. The second kappa shape index (κ2) is 20.6. The van der Waals surface area contributed by atoms with Crippen LogP contribution in [0.25, 0.3) is 0 Å². The minimum absolute atomic E-state index is 0.0833. The summed E-state index contributed by atoms with van der Waals surface area (Å²) in [7, 11) is -2.17. The van der Waals surface area contributed by atoms with Crippen LogP contribution in [0, 0.1) is 0 Å². The average molecular weight is 918 g/mol. The first-order valence-electron chi connectivity index (χ1n) is 14.6. The first kappa shape index (κ1) is 55.1. The number of benzene rings is 4. The van der Waals surface area contributed by atoms with Gasteiger partial charge in [0.25, 0.3) is 0 Å². The number of hydrogen-bond acceptors (Lipinski definition) is 3. The lowest BCUT2D eigenvalue weighted by Gasteiger charge is -2.10. The second-order valence-corrected chi connectivity index (χ2v) is 10.7. The molecular formula is C32H19BF24O3. The molecule has 0 unspecified atom stereocenters. The highest BCUT2D eigenvalue weighted by Gasteiger charge is 2.39. The van der Waals surface area contributed by atoms with Crippen molar-refractivity contribution >= 4 is 7.32 Å². The minimum atomic E-state index is -4.75. The van der Waals surface area contributed by atoms with E-state index in [4.69, 9.17) is 15.1 Å². The minimum Gasteiger partial charge on any atom is -0.402 e. The Hall–Kier alpha value is -4.86. The van der Waals surface area contributed by atoms with Gasteiger partial charge in [-0.3, -0.25) is 0 Å². The summed E-state index contributed by atoms with van der Waals surface area (Å²) in [5.74, 6) is 0. The van der Waals surface area contributed by atoms with Gasteiger partial charge < -0.3 is 15.1 Å². The fourth-order valence-corrected chi connectivity index (χ4v) is 3.49. The molecule has 4 rings (SSSR count). The standard InChI is InChI=1S/4C8H4F6.BH3O3/c4*9-7(10,11)5-2-1-3-6(4-5)8(12,13)14;2-1(3)4/h4*1-4H;2-4H. The Morgan fingerprint density at radius 3 is 0.383 bits per heavy atom. The van der Waals surface area contributed by atoms with Crippen molar-refractivity contribution in [2.75, 3.05) is 0 Å². The molecule has 0 bridgehead atoms. The zero-order chi connectivity index (χ0) is 47.5. The second-order valence-electron chi connectivity index (χ2n) is 10.7. The van der Waals surface area contributed by atoms with Gasteiger partial charge in [0.05, 0.1) is 44.5 Å². The molecule has 3 N–H and O–H groups in total. The fraction of sp³-hybridized carbons (Fsp3) is 0.250. The average Bonchev–Trinajstić information content (AvgIpc) is 3.06. The third-order valence-corrected chi connectivity index (χ3v) is 6.07. The monoisotopic (exact) mass is 918 g/mol. The van der Waals surface area contributed by atoms with Gasteiger partial charge in [-0.2, -0.15) is 105 Å². The highest BCUT2D eigenvalue weighted by molar-refractivity contribution is 6.30. The van der Waals surface area contributed by atoms with Crippen molar-refractivity contribution in [3.63, 3.8) is 0 Å². The largest absolute Gasteiger partial charge is 0.631 e. The van der Waals surface area contributed by atoms with Crippen LogP contribution in [0.2, 0.25) is 0 Å². The summed E-state index contributed by atoms with van der Waals surface area (Å²) in [6, 6.07) is 7.98. The summed E-state index contributed by atoms with van der Waals surface area (Å²) in [4.78, 5) is 0. The summed E-state index contributed by atoms with van der Waals surface area (Å²) < 4.78 is 288. The number of alkyl halides is 24. The summed E-state index contributed by atoms with van der Waals surface area (Å²) >= 11 is 0. The van der Waals surface area contributed by atoms with E-state index in [2.05, 4.69) is 0 Å². The maximum atomic E-state index is 12.0. The molecule has 0 atom stereocenters. The van der Waals surface area contributed by atoms with Crippen molar-refractivity contribution < 1.29 is 120 Å². The molecule has 28 heteroatoms. The smallest absolute Gasteiger partial charge is 0.402 e. The fourth-order valence-electron chi connectivity index (χ4n) is 3.49. The first-order chi connectivity index (χ1) is 26.6. The summed E-state index contributed by atoms with van der Waals surface area (Å²) in [6.45, 7) is 0. The van der Waals surface area contributed by atoms with Crippen molar-refractivity contribution in [2.24, 2.45) is 0 Å². The molecular weight excluding hydrogens is 899 g/mol. The number of hydrogen-bond donors (Lipinski definition) is 3. The van der Waals surface area contributed by atoms with Crippen LogP contribution in [-0.2, 0) is 49.4 Å². The lowest BCUT2D eigenvalue weighted by atomic mass is 10.1. The Morgan fingerprint density at radius 1 is 0.233 bits per heavy atom. The highest BCUT2D eigenvalue weighted by atomic mass is 19.4. The van der Waals surface area contributed by atoms with Crippen LogP contribution in [0.3, 0.4) is 0 Å². The third kappa shape index (κ3) is 20.9. The maximum absolute atomic E-state index is 12.0. The SMILES string of the molecule is FC(F)(F)c1cccc(C(F)(F)F)c1.FC(F)(F)c1cccc(C(F)(F)F)c1.FC(F)(F)c1cccc(C(F)(F)F)c1.FC(F)(F)c1cccc(C(F)(F)F)c1.OB(O)O. The Labute approximate surface area is 319 Å². The molecule has 336 valence electrons. The van der Waals surface area contributed by atoms with E-state index in [0.29, 0.717) is 48.5 Å². The molecule has 0 aromatic heterocycles. The van der Waals surface area contributed by atoms with E-state index in [0.717, 1.165) is 24.3 Å². The van der Waals surface area contributed by atoms with Crippen molar-refractivity contribution in [3.05, 3.63) is 142 Å². The zero-order valence-corrected chi connectivity index (χ0v) is 28.2. The van der Waals surface area contributed by atoms with Gasteiger partial charge in [-0.1, -0.05) is 24.3 Å². The van der Waals surface area contributed by atoms with Gasteiger partial charge in [-0.25, -0.2) is 0 Å². The topological polar surface area (TPSA) is 60.7 Å². The van der Waals surface area contributed by atoms with Gasteiger partial charge in [0.2, 0.25) is 0 Å². The van der Waals surface area contributed by atoms with Crippen molar-refractivity contribution in [1.82, 2.24) is 0 Å². The van der Waals surface area contributed by atoms with E-state index in [1.165, 1.54) is 0 Å². The van der Waals surface area contributed by atoms with Gasteiger partial charge in [0, 0.05) is 0 Å². The van der Waals surface area contributed by atoms with Crippen molar-refractivity contribution in [3.8, 4) is 0 Å². The molecule has 4 aromatic rings. The van der Waals surface area contributed by atoms with Crippen LogP contribution < -0.4 is 0 Å². The lowest BCUT2D eigenvalue weighted by Crippen LogP contribution is -2.09. The van der Waals surface area contributed by atoms with E-state index >= 15 is 0 Å². The predicted molar refractivity (Wildman–Crippen MR) is 158 cm³/mol. The Bertz CT molecular complexity index is 1510. The maximum Gasteiger partial charge on any atom is 0.631 e. The van der Waals surface area contributed by atoms with Gasteiger partial charge in [0.15, 0.2) is 0 Å². The molecule has 0 amide bonds. The number of rotatable bonds is 0. The lowest BCUT2D eigenvalue weighted by molar-refractivity contribution is -0.144. The van der Waals surface area contributed by atoms with Crippen LogP contribution in [0.15, 0.2) is 97.1 Å². The third-order valence-electron chi connectivity index (χ3n) is 6.07. The molecule has 0 aliphatic rings. The van der Waals surface area contributed by atoms with E-state index in [9.17, 15) is 105 Å². The quantitative estimate of drug-likeness (QED) is 0.122. The van der Waals surface area contributed by atoms with Crippen molar-refractivity contribution in [1.29, 1.82) is 0 Å². The van der Waals surface area contributed by atoms with E-state index in [1.54, 1.807) is 0 Å². The molecule has 60 heavy (non-hydrogen) atoms. The van der Waals surface area contributed by atoms with E-state index in [-0.39, 0.29) is 24.3 Å². The molecule has 0 fully saturated rings. The van der Waals surface area contributed by atoms with Gasteiger partial charge in [0.1, 0.15) is 0 Å². The van der Waals surface area contributed by atoms with Crippen LogP contribution >= 0.6 is 0 Å². The zero-order valence-electron chi connectivity index (χ0n) is 28.2. The van der Waals surface area contributed by atoms with Gasteiger partial charge >= 0.3 is 56.7 Å². The normalized spacial score (nSPS) is 12.6. The molecule has 0 heterocycles. The molecule has 4 aromatic carbocycles. The highest BCUT2D eigenvalue weighted by Crippen LogP contribution is 2.38. The predicted octanol–water partition coefficient (Wildman–Crippen LogP) is 12.8. The van der Waals surface area contributed by atoms with Crippen LogP contribution in [0.4, 0.5) is 105 Å². The van der Waals surface area contributed by atoms with Crippen LogP contribution in [0.1, 0.15) is 44.5 Å². The van der Waals surface area contributed by atoms with Crippen molar-refractivity contribution in [2.45, 2.75) is 49.4 Å². The number of halogens is 24. The molecule has 0 radical (unpaired) electrons. The molecule has 0 aliphatic heterocycles. The molecule has 0 spiro atoms. The summed E-state index contributed by atoms with van der Waals surface area (Å²) in [5.41, 5.74) is -10.4. The molecule has 0 saturated carbocycles. The van der Waals surface area contributed by atoms with Crippen LogP contribution in [0.5, 0.6) is 0 Å². The summed E-state index contributed by atoms with van der Waals surface area (Å²) in [6.07, 6.45) is -38.0. The van der Waals surface area contributed by atoms with Gasteiger partial charge in [-0.15, -0.1) is 0 Å².